The zero-order valence-electron chi connectivity index (χ0n) is 16.9. The quantitative estimate of drug-likeness (QED) is 0.566. The highest BCUT2D eigenvalue weighted by Crippen LogP contribution is 2.30. The van der Waals surface area contributed by atoms with Crippen LogP contribution in [-0.2, 0) is 14.8 Å². The minimum Gasteiger partial charge on any atom is -0.495 e. The van der Waals surface area contributed by atoms with Crippen molar-refractivity contribution in [1.82, 2.24) is 4.90 Å². The molecule has 0 unspecified atom stereocenters. The Morgan fingerprint density at radius 1 is 1.07 bits per heavy atom. The summed E-state index contributed by atoms with van der Waals surface area (Å²) in [7, 11) is 0.303. The van der Waals surface area contributed by atoms with Gasteiger partial charge in [0.1, 0.15) is 5.75 Å². The average Bonchev–Trinajstić information content (AvgIpc) is 2.75. The number of benzene rings is 2. The van der Waals surface area contributed by atoms with Gasteiger partial charge in [-0.2, -0.15) is 0 Å². The van der Waals surface area contributed by atoms with Gasteiger partial charge in [-0.05, 0) is 36.4 Å². The van der Waals surface area contributed by atoms with Gasteiger partial charge in [0.25, 0.3) is 22.4 Å². The number of anilines is 1. The summed E-state index contributed by atoms with van der Waals surface area (Å²) in [5.41, 5.74) is 0.452. The Morgan fingerprint density at radius 3 is 2.27 bits per heavy atom. The topological polar surface area (TPSA) is 76.2 Å². The molecule has 0 radical (unpaired) electrons. The lowest BCUT2D eigenvalue weighted by molar-refractivity contribution is 0.0478. The molecule has 0 saturated carbocycles. The van der Waals surface area contributed by atoms with Crippen LogP contribution in [0.1, 0.15) is 10.4 Å². The number of alkyl halides is 2. The molecule has 30 heavy (non-hydrogen) atoms. The number of halogens is 2. The molecule has 0 aliphatic heterocycles. The zero-order valence-corrected chi connectivity index (χ0v) is 17.7. The number of hydrogen-bond acceptors (Lipinski definition) is 5. The molecule has 2 aromatic rings. The summed E-state index contributed by atoms with van der Waals surface area (Å²) in [6.07, 6.45) is -2.69. The van der Waals surface area contributed by atoms with Crippen molar-refractivity contribution in [2.45, 2.75) is 11.3 Å². The molecule has 0 fully saturated rings. The Bertz CT molecular complexity index is 952. The summed E-state index contributed by atoms with van der Waals surface area (Å²) in [4.78, 5) is 13.5. The van der Waals surface area contributed by atoms with Gasteiger partial charge in [-0.15, -0.1) is 0 Å². The van der Waals surface area contributed by atoms with Gasteiger partial charge in [0.15, 0.2) is 0 Å². The van der Waals surface area contributed by atoms with Crippen molar-refractivity contribution in [3.8, 4) is 5.75 Å². The monoisotopic (exact) mass is 442 g/mol. The van der Waals surface area contributed by atoms with E-state index in [4.69, 9.17) is 9.47 Å². The first-order chi connectivity index (χ1) is 14.2. The van der Waals surface area contributed by atoms with Crippen LogP contribution < -0.4 is 9.04 Å². The number of methoxy groups -OCH3 is 2. The lowest BCUT2D eigenvalue weighted by atomic mass is 10.2. The highest BCUT2D eigenvalue weighted by atomic mass is 32.2. The van der Waals surface area contributed by atoms with Gasteiger partial charge in [-0.1, -0.05) is 12.1 Å². The van der Waals surface area contributed by atoms with Crippen LogP contribution in [0.3, 0.4) is 0 Å². The van der Waals surface area contributed by atoms with Gasteiger partial charge in [0.05, 0.1) is 30.8 Å². The Labute approximate surface area is 174 Å². The van der Waals surface area contributed by atoms with Gasteiger partial charge < -0.3 is 14.4 Å². The highest BCUT2D eigenvalue weighted by Gasteiger charge is 2.25. The van der Waals surface area contributed by atoms with Crippen LogP contribution in [-0.4, -0.2) is 66.6 Å². The van der Waals surface area contributed by atoms with Crippen LogP contribution in [0.25, 0.3) is 0 Å². The summed E-state index contributed by atoms with van der Waals surface area (Å²) >= 11 is 0. The number of carbonyl (C=O) groups excluding carboxylic acids is 1. The van der Waals surface area contributed by atoms with E-state index in [9.17, 15) is 22.0 Å². The van der Waals surface area contributed by atoms with E-state index in [-0.39, 0.29) is 23.6 Å². The fraction of sp³-hybridized carbons (Fsp3) is 0.350. The Kier molecular flexibility index (Phi) is 8.13. The summed E-state index contributed by atoms with van der Waals surface area (Å²) in [5, 5.41) is 0. The summed E-state index contributed by atoms with van der Waals surface area (Å²) in [5.74, 6) is -0.245. The number of sulfonamides is 1. The van der Waals surface area contributed by atoms with Gasteiger partial charge in [0, 0.05) is 26.3 Å². The molecule has 2 aromatic carbocycles. The number of amides is 1. The molecule has 0 aromatic heterocycles. The number of ether oxygens (including phenoxy) is 2. The van der Waals surface area contributed by atoms with E-state index in [0.29, 0.717) is 11.4 Å². The number of carbonyl (C=O) groups is 1. The number of rotatable bonds is 10. The zero-order chi connectivity index (χ0) is 22.3. The molecule has 0 spiro atoms. The van der Waals surface area contributed by atoms with Crippen molar-refractivity contribution >= 4 is 21.6 Å². The molecular formula is C20H24F2N2O5S. The van der Waals surface area contributed by atoms with E-state index in [1.54, 1.807) is 24.3 Å². The third kappa shape index (κ3) is 5.45. The minimum absolute atomic E-state index is 0.00371. The molecule has 0 aliphatic carbocycles. The third-order valence-corrected chi connectivity index (χ3v) is 6.18. The van der Waals surface area contributed by atoms with E-state index < -0.39 is 28.9 Å². The first-order valence-electron chi connectivity index (χ1n) is 9.00. The van der Waals surface area contributed by atoms with Crippen molar-refractivity contribution in [2.75, 3.05) is 45.3 Å². The lowest BCUT2D eigenvalue weighted by Gasteiger charge is -2.23. The van der Waals surface area contributed by atoms with Crippen LogP contribution in [0.15, 0.2) is 53.4 Å². The molecule has 0 atom stereocenters. The van der Waals surface area contributed by atoms with Crippen LogP contribution in [0, 0.1) is 0 Å². The molecule has 7 nitrogen and oxygen atoms in total. The second-order valence-corrected chi connectivity index (χ2v) is 8.27. The third-order valence-electron chi connectivity index (χ3n) is 4.40. The standard InChI is InChI=1S/C20H24F2N2O5S/c1-23(17-6-4-5-7-18(17)29-3)30(26,27)16-10-8-15(9-11-16)20(25)24(12-13-28-2)14-19(21)22/h4-11,19H,12-14H2,1-3H3. The molecule has 1 amide bonds. The molecular weight excluding hydrogens is 418 g/mol. The number of nitrogens with zero attached hydrogens (tertiary/aromatic N) is 2. The van der Waals surface area contributed by atoms with E-state index in [2.05, 4.69) is 0 Å². The minimum atomic E-state index is -3.93. The van der Waals surface area contributed by atoms with Gasteiger partial charge >= 0.3 is 0 Å². The van der Waals surface area contributed by atoms with Gasteiger partial charge in [-0.3, -0.25) is 9.10 Å². The fourth-order valence-corrected chi connectivity index (χ4v) is 3.98. The van der Waals surface area contributed by atoms with E-state index in [0.717, 1.165) is 9.21 Å². The molecule has 0 bridgehead atoms. The average molecular weight is 442 g/mol. The molecule has 10 heteroatoms. The number of para-hydroxylation sites is 2. The fourth-order valence-electron chi connectivity index (χ4n) is 2.77. The predicted molar refractivity (Wildman–Crippen MR) is 109 cm³/mol. The number of hydrogen-bond donors (Lipinski definition) is 0. The molecule has 2 rings (SSSR count). The highest BCUT2D eigenvalue weighted by molar-refractivity contribution is 7.92. The predicted octanol–water partition coefficient (Wildman–Crippen LogP) is 2.87. The first-order valence-corrected chi connectivity index (χ1v) is 10.4. The Morgan fingerprint density at radius 2 is 1.70 bits per heavy atom. The van der Waals surface area contributed by atoms with Crippen molar-refractivity contribution in [2.24, 2.45) is 0 Å². The second kappa shape index (κ2) is 10.4. The largest absolute Gasteiger partial charge is 0.495 e. The molecule has 0 heterocycles. The van der Waals surface area contributed by atoms with Crippen LogP contribution >= 0.6 is 0 Å². The van der Waals surface area contributed by atoms with Gasteiger partial charge in [0.2, 0.25) is 0 Å². The lowest BCUT2D eigenvalue weighted by Crippen LogP contribution is -2.37. The maximum Gasteiger partial charge on any atom is 0.264 e. The summed E-state index contributed by atoms with van der Waals surface area (Å²) < 4.78 is 62.6. The first kappa shape index (κ1) is 23.6. The maximum absolute atomic E-state index is 13.0. The van der Waals surface area contributed by atoms with E-state index >= 15 is 0 Å². The van der Waals surface area contributed by atoms with Crippen molar-refractivity contribution in [3.05, 3.63) is 54.1 Å². The van der Waals surface area contributed by atoms with E-state index in [1.165, 1.54) is 45.5 Å². The van der Waals surface area contributed by atoms with Crippen molar-refractivity contribution in [1.29, 1.82) is 0 Å². The molecule has 0 saturated heterocycles. The van der Waals surface area contributed by atoms with Crippen LogP contribution in [0.2, 0.25) is 0 Å². The summed E-state index contributed by atoms with van der Waals surface area (Å²) in [6.45, 7) is -0.635. The van der Waals surface area contributed by atoms with Crippen molar-refractivity contribution < 1.29 is 31.5 Å². The van der Waals surface area contributed by atoms with E-state index in [1.807, 2.05) is 0 Å². The van der Waals surface area contributed by atoms with Crippen LogP contribution in [0.5, 0.6) is 5.75 Å². The Hall–Kier alpha value is -2.72. The Balaban J connectivity index is 2.27. The second-order valence-electron chi connectivity index (χ2n) is 6.30. The smallest absolute Gasteiger partial charge is 0.264 e. The molecule has 0 aliphatic rings. The maximum atomic E-state index is 13.0. The molecule has 0 N–H and O–H groups in total. The van der Waals surface area contributed by atoms with Crippen molar-refractivity contribution in [3.63, 3.8) is 0 Å². The summed E-state index contributed by atoms with van der Waals surface area (Å²) in [6, 6.07) is 11.8. The van der Waals surface area contributed by atoms with Crippen LogP contribution in [0.4, 0.5) is 14.5 Å². The van der Waals surface area contributed by atoms with Gasteiger partial charge in [-0.25, -0.2) is 17.2 Å². The molecule has 164 valence electrons. The normalized spacial score (nSPS) is 11.4. The SMILES string of the molecule is COCCN(CC(F)F)C(=O)c1ccc(S(=O)(=O)N(C)c2ccccc2OC)cc1.